The monoisotopic (exact) mass is 330 g/mol. The fraction of sp³-hybridized carbons (Fsp3) is 0.0588. The molecule has 0 heterocycles. The minimum atomic E-state index is -0.284. The minimum absolute atomic E-state index is 0.244. The molecule has 2 aromatic rings. The van der Waals surface area contributed by atoms with Crippen LogP contribution in [0.3, 0.4) is 0 Å². The average Bonchev–Trinajstić information content (AvgIpc) is 2.49. The van der Waals surface area contributed by atoms with Gasteiger partial charge in [0, 0.05) is 16.8 Å². The first kappa shape index (κ1) is 16.2. The van der Waals surface area contributed by atoms with Gasteiger partial charge < -0.3 is 5.32 Å². The van der Waals surface area contributed by atoms with Gasteiger partial charge >= 0.3 is 0 Å². The number of carbonyl (C=O) groups excluding carboxylic acids is 1. The molecular weight excluding hydrogens is 316 g/mol. The molecule has 0 aliphatic carbocycles. The average molecular weight is 331 g/mol. The van der Waals surface area contributed by atoms with Gasteiger partial charge in [0.05, 0.1) is 0 Å². The molecule has 22 heavy (non-hydrogen) atoms. The molecule has 3 nitrogen and oxygen atoms in total. The zero-order chi connectivity index (χ0) is 15.9. The zero-order valence-electron chi connectivity index (χ0n) is 12.0. The molecule has 0 saturated carbocycles. The highest BCUT2D eigenvalue weighted by Gasteiger charge is 2.04. The lowest BCUT2D eigenvalue weighted by atomic mass is 10.2. The number of rotatable bonds is 3. The molecular formula is C17H15ClN2OS. The normalized spacial score (nSPS) is 10.5. The van der Waals surface area contributed by atoms with Crippen molar-refractivity contribution in [2.24, 2.45) is 0 Å². The lowest BCUT2D eigenvalue weighted by molar-refractivity contribution is -0.115. The van der Waals surface area contributed by atoms with E-state index < -0.39 is 0 Å². The molecule has 2 rings (SSSR count). The molecule has 0 saturated heterocycles. The molecule has 0 fully saturated rings. The third-order valence-electron chi connectivity index (χ3n) is 2.90. The van der Waals surface area contributed by atoms with Gasteiger partial charge in [-0.15, -0.1) is 0 Å². The van der Waals surface area contributed by atoms with Crippen LogP contribution < -0.4 is 10.6 Å². The molecule has 2 aromatic carbocycles. The Morgan fingerprint density at radius 2 is 1.91 bits per heavy atom. The van der Waals surface area contributed by atoms with Crippen molar-refractivity contribution >= 4 is 46.6 Å². The first-order valence-corrected chi connectivity index (χ1v) is 7.44. The van der Waals surface area contributed by atoms with Crippen LogP contribution in [0.25, 0.3) is 6.08 Å². The van der Waals surface area contributed by atoms with Crippen molar-refractivity contribution in [1.82, 2.24) is 5.32 Å². The first-order chi connectivity index (χ1) is 10.5. The van der Waals surface area contributed by atoms with Crippen molar-refractivity contribution in [3.8, 4) is 0 Å². The van der Waals surface area contributed by atoms with Crippen molar-refractivity contribution in [2.75, 3.05) is 5.32 Å². The van der Waals surface area contributed by atoms with Crippen LogP contribution >= 0.6 is 23.8 Å². The fourth-order valence-corrected chi connectivity index (χ4v) is 2.25. The topological polar surface area (TPSA) is 41.1 Å². The molecule has 0 bridgehead atoms. The molecule has 0 radical (unpaired) electrons. The maximum absolute atomic E-state index is 11.8. The van der Waals surface area contributed by atoms with Gasteiger partial charge in [0.2, 0.25) is 5.91 Å². The largest absolute Gasteiger partial charge is 0.332 e. The Balaban J connectivity index is 1.91. The molecule has 0 aliphatic heterocycles. The fourth-order valence-electron chi connectivity index (χ4n) is 1.81. The predicted octanol–water partition coefficient (Wildman–Crippen LogP) is 4.17. The van der Waals surface area contributed by atoms with Crippen LogP contribution in [0, 0.1) is 6.92 Å². The SMILES string of the molecule is Cc1cc(Cl)ccc1NC(=S)NC(=O)/C=C/c1ccccc1. The maximum atomic E-state index is 11.8. The van der Waals surface area contributed by atoms with Gasteiger partial charge in [0.15, 0.2) is 5.11 Å². The lowest BCUT2D eigenvalue weighted by Crippen LogP contribution is -2.33. The van der Waals surface area contributed by atoms with E-state index in [2.05, 4.69) is 10.6 Å². The molecule has 0 aliphatic rings. The van der Waals surface area contributed by atoms with E-state index >= 15 is 0 Å². The Labute approximate surface area is 140 Å². The smallest absolute Gasteiger partial charge is 0.250 e. The molecule has 1 amide bonds. The Kier molecular flexibility index (Phi) is 5.69. The van der Waals surface area contributed by atoms with E-state index in [1.165, 1.54) is 6.08 Å². The van der Waals surface area contributed by atoms with Crippen molar-refractivity contribution in [3.63, 3.8) is 0 Å². The molecule has 0 atom stereocenters. The summed E-state index contributed by atoms with van der Waals surface area (Å²) in [5, 5.41) is 6.48. The Morgan fingerprint density at radius 3 is 2.59 bits per heavy atom. The van der Waals surface area contributed by atoms with Crippen LogP contribution in [0.2, 0.25) is 5.02 Å². The van der Waals surface area contributed by atoms with Gasteiger partial charge in [0.25, 0.3) is 0 Å². The maximum Gasteiger partial charge on any atom is 0.250 e. The van der Waals surface area contributed by atoms with E-state index in [0.29, 0.717) is 5.02 Å². The highest BCUT2D eigenvalue weighted by atomic mass is 35.5. The first-order valence-electron chi connectivity index (χ1n) is 6.66. The van der Waals surface area contributed by atoms with Gasteiger partial charge in [-0.2, -0.15) is 0 Å². The molecule has 0 aromatic heterocycles. The quantitative estimate of drug-likeness (QED) is 0.655. The number of hydrogen-bond donors (Lipinski definition) is 2. The second-order valence-corrected chi connectivity index (χ2v) is 5.49. The third-order valence-corrected chi connectivity index (χ3v) is 3.34. The van der Waals surface area contributed by atoms with Crippen molar-refractivity contribution in [3.05, 3.63) is 70.8 Å². The number of aryl methyl sites for hydroxylation is 1. The summed E-state index contributed by atoms with van der Waals surface area (Å²) in [6.07, 6.45) is 3.17. The van der Waals surface area contributed by atoms with Crippen LogP contribution in [0.5, 0.6) is 0 Å². The number of halogens is 1. The van der Waals surface area contributed by atoms with E-state index in [0.717, 1.165) is 16.8 Å². The van der Waals surface area contributed by atoms with Crippen LogP contribution in [0.4, 0.5) is 5.69 Å². The van der Waals surface area contributed by atoms with Crippen LogP contribution in [-0.4, -0.2) is 11.0 Å². The number of hydrogen-bond acceptors (Lipinski definition) is 2. The number of benzene rings is 2. The summed E-state index contributed by atoms with van der Waals surface area (Å²) in [6, 6.07) is 15.0. The van der Waals surface area contributed by atoms with E-state index in [9.17, 15) is 4.79 Å². The summed E-state index contributed by atoms with van der Waals surface area (Å²) in [5.41, 5.74) is 2.70. The molecule has 0 spiro atoms. The van der Waals surface area contributed by atoms with E-state index in [4.69, 9.17) is 23.8 Å². The van der Waals surface area contributed by atoms with E-state index in [1.54, 1.807) is 12.1 Å². The van der Waals surface area contributed by atoms with Crippen molar-refractivity contribution < 1.29 is 4.79 Å². The van der Waals surface area contributed by atoms with Gasteiger partial charge in [-0.25, -0.2) is 0 Å². The van der Waals surface area contributed by atoms with Gasteiger partial charge in [-0.3, -0.25) is 10.1 Å². The summed E-state index contributed by atoms with van der Waals surface area (Å²) in [5.74, 6) is -0.284. The summed E-state index contributed by atoms with van der Waals surface area (Å²) in [4.78, 5) is 11.8. The second kappa shape index (κ2) is 7.73. The Hall–Kier alpha value is -2.17. The minimum Gasteiger partial charge on any atom is -0.332 e. The van der Waals surface area contributed by atoms with Crippen LogP contribution in [0.1, 0.15) is 11.1 Å². The molecule has 112 valence electrons. The standard InChI is InChI=1S/C17H15ClN2OS/c1-12-11-14(18)8-9-15(12)19-17(22)20-16(21)10-7-13-5-3-2-4-6-13/h2-11H,1H3,(H2,19,20,21,22)/b10-7+. The number of thiocarbonyl (C=S) groups is 1. The summed E-state index contributed by atoms with van der Waals surface area (Å²) in [7, 11) is 0. The molecule has 0 unspecified atom stereocenters. The van der Waals surface area contributed by atoms with E-state index in [1.807, 2.05) is 49.4 Å². The predicted molar refractivity (Wildman–Crippen MR) is 96.0 cm³/mol. The Morgan fingerprint density at radius 1 is 1.18 bits per heavy atom. The van der Waals surface area contributed by atoms with E-state index in [-0.39, 0.29) is 11.0 Å². The lowest BCUT2D eigenvalue weighted by Gasteiger charge is -2.10. The van der Waals surface area contributed by atoms with Crippen molar-refractivity contribution in [1.29, 1.82) is 0 Å². The highest BCUT2D eigenvalue weighted by molar-refractivity contribution is 7.80. The summed E-state index contributed by atoms with van der Waals surface area (Å²) in [6.45, 7) is 1.91. The van der Waals surface area contributed by atoms with Gasteiger partial charge in [0.1, 0.15) is 0 Å². The van der Waals surface area contributed by atoms with Crippen LogP contribution in [0.15, 0.2) is 54.6 Å². The second-order valence-electron chi connectivity index (χ2n) is 4.65. The number of amides is 1. The van der Waals surface area contributed by atoms with Gasteiger partial charge in [-0.05, 0) is 54.5 Å². The number of anilines is 1. The number of carbonyl (C=O) groups is 1. The molecule has 2 N–H and O–H groups in total. The number of nitrogens with one attached hydrogen (secondary N) is 2. The Bertz CT molecular complexity index is 714. The summed E-state index contributed by atoms with van der Waals surface area (Å²) < 4.78 is 0. The summed E-state index contributed by atoms with van der Waals surface area (Å²) >= 11 is 11.0. The third kappa shape index (κ3) is 4.98. The zero-order valence-corrected chi connectivity index (χ0v) is 13.5. The highest BCUT2D eigenvalue weighted by Crippen LogP contribution is 2.19. The molecule has 5 heteroatoms. The van der Waals surface area contributed by atoms with Gasteiger partial charge in [-0.1, -0.05) is 41.9 Å². The van der Waals surface area contributed by atoms with Crippen LogP contribution in [-0.2, 0) is 4.79 Å². The van der Waals surface area contributed by atoms with Crippen molar-refractivity contribution in [2.45, 2.75) is 6.92 Å².